The van der Waals surface area contributed by atoms with Crippen LogP contribution in [-0.4, -0.2) is 32.1 Å². The van der Waals surface area contributed by atoms with Gasteiger partial charge in [0.25, 0.3) is 0 Å². The second-order valence-corrected chi connectivity index (χ2v) is 6.85. The molecule has 1 heterocycles. The minimum atomic E-state index is -3.35. The van der Waals surface area contributed by atoms with Crippen LogP contribution in [0.25, 0.3) is 0 Å². The highest BCUT2D eigenvalue weighted by molar-refractivity contribution is 8.34. The molecule has 89 valence electrons. The molecule has 1 saturated heterocycles. The molecule has 0 amide bonds. The van der Waals surface area contributed by atoms with Gasteiger partial charge in [0, 0.05) is 5.92 Å². The number of carbonyl (C=O) groups is 1. The third-order valence-electron chi connectivity index (χ3n) is 2.69. The van der Waals surface area contributed by atoms with Crippen LogP contribution in [0.15, 0.2) is 0 Å². The zero-order valence-electron chi connectivity index (χ0n) is 8.81. The molecule has 1 aliphatic carbocycles. The zero-order valence-corrected chi connectivity index (χ0v) is 10.4. The van der Waals surface area contributed by atoms with Crippen LogP contribution in [0.2, 0.25) is 0 Å². The van der Waals surface area contributed by atoms with Gasteiger partial charge in [0.1, 0.15) is 5.37 Å². The van der Waals surface area contributed by atoms with Crippen molar-refractivity contribution in [3.8, 4) is 0 Å². The molecule has 0 unspecified atom stereocenters. The van der Waals surface area contributed by atoms with Crippen LogP contribution in [0.5, 0.6) is 0 Å². The van der Waals surface area contributed by atoms with Crippen LogP contribution >= 0.6 is 11.6 Å². The first-order chi connectivity index (χ1) is 7.59. The van der Waals surface area contributed by atoms with Gasteiger partial charge < -0.3 is 5.32 Å². The van der Waals surface area contributed by atoms with Gasteiger partial charge in [-0.2, -0.15) is 0 Å². The number of hydrogen-bond acceptors (Lipinski definition) is 5. The Morgan fingerprint density at radius 3 is 2.69 bits per heavy atom. The van der Waals surface area contributed by atoms with Crippen LogP contribution in [0.4, 0.5) is 0 Å². The Morgan fingerprint density at radius 2 is 2.12 bits per heavy atom. The van der Waals surface area contributed by atoms with Crippen molar-refractivity contribution in [1.29, 1.82) is 0 Å². The third-order valence-corrected chi connectivity index (χ3v) is 5.24. The van der Waals surface area contributed by atoms with E-state index in [2.05, 4.69) is 9.95 Å². The van der Waals surface area contributed by atoms with E-state index >= 15 is 0 Å². The highest BCUT2D eigenvalue weighted by atomic mass is 32.2. The van der Waals surface area contributed by atoms with Gasteiger partial charge in [0.2, 0.25) is 10.0 Å². The largest absolute Gasteiger partial charge is 0.311 e. The van der Waals surface area contributed by atoms with Crippen molar-refractivity contribution in [2.24, 2.45) is 5.92 Å². The molecule has 1 aliphatic heterocycles. The molecule has 0 spiro atoms. The topological polar surface area (TPSA) is 75.3 Å². The van der Waals surface area contributed by atoms with Crippen molar-refractivity contribution in [2.75, 3.05) is 6.54 Å². The van der Waals surface area contributed by atoms with Gasteiger partial charge in [0.15, 0.2) is 5.12 Å². The molecule has 0 aromatic carbocycles. The van der Waals surface area contributed by atoms with E-state index in [0.717, 1.165) is 37.4 Å². The first-order valence-electron chi connectivity index (χ1n) is 5.36. The molecule has 2 rings (SSSR count). The van der Waals surface area contributed by atoms with E-state index in [1.165, 1.54) is 6.69 Å². The highest BCUT2D eigenvalue weighted by Gasteiger charge is 2.31. The minimum absolute atomic E-state index is 0.0575. The quantitative estimate of drug-likeness (QED) is 0.671. The van der Waals surface area contributed by atoms with E-state index in [9.17, 15) is 13.2 Å². The van der Waals surface area contributed by atoms with Crippen LogP contribution in [-0.2, 0) is 14.8 Å². The summed E-state index contributed by atoms with van der Waals surface area (Å²) in [5.41, 5.74) is 0. The van der Waals surface area contributed by atoms with Crippen molar-refractivity contribution in [2.45, 2.75) is 31.1 Å². The summed E-state index contributed by atoms with van der Waals surface area (Å²) in [6.07, 6.45) is 3.39. The molecule has 2 fully saturated rings. The second kappa shape index (κ2) is 5.08. The summed E-state index contributed by atoms with van der Waals surface area (Å²) in [6, 6.07) is 0. The molecule has 5 nitrogen and oxygen atoms in total. The van der Waals surface area contributed by atoms with Crippen molar-refractivity contribution in [3.63, 3.8) is 0 Å². The average molecular weight is 261 g/mol. The fourth-order valence-corrected chi connectivity index (χ4v) is 3.82. The maximum atomic E-state index is 11.7. The number of hydrogen-bond donors (Lipinski definition) is 2. The summed E-state index contributed by atoms with van der Waals surface area (Å²) in [4.78, 5) is 11.3. The van der Waals surface area contributed by atoms with Crippen molar-refractivity contribution >= 4 is 33.4 Å². The monoisotopic (exact) mass is 261 g/mol. The predicted molar refractivity (Wildman–Crippen MR) is 64.2 cm³/mol. The van der Waals surface area contributed by atoms with Gasteiger partial charge in [0.05, 0.1) is 0 Å². The van der Waals surface area contributed by atoms with Crippen LogP contribution in [0, 0.1) is 5.92 Å². The van der Waals surface area contributed by atoms with E-state index in [1.54, 1.807) is 0 Å². The third kappa shape index (κ3) is 3.22. The molecular formula is C8H14BN2O3S2. The molecule has 1 saturated carbocycles. The summed E-state index contributed by atoms with van der Waals surface area (Å²) in [5.74, 6) is 0.148. The molecular weight excluding hydrogens is 247 g/mol. The number of carbonyl (C=O) groups excluding carboxylic acids is 1. The number of sulfonamides is 1. The van der Waals surface area contributed by atoms with E-state index in [1.807, 2.05) is 0 Å². The molecule has 1 atom stereocenters. The summed E-state index contributed by atoms with van der Waals surface area (Å²) in [5, 5.41) is 2.45. The van der Waals surface area contributed by atoms with Crippen LogP contribution < -0.4 is 9.95 Å². The van der Waals surface area contributed by atoms with E-state index in [0.29, 0.717) is 6.42 Å². The van der Waals surface area contributed by atoms with Crippen LogP contribution in [0.3, 0.4) is 0 Å². The molecule has 8 heteroatoms. The summed E-state index contributed by atoms with van der Waals surface area (Å²) >= 11 is 0.951. The van der Waals surface area contributed by atoms with E-state index in [4.69, 9.17) is 0 Å². The second-order valence-electron chi connectivity index (χ2n) is 4.08. The summed E-state index contributed by atoms with van der Waals surface area (Å²) < 4.78 is 25.7. The lowest BCUT2D eigenvalue weighted by Gasteiger charge is -2.11. The van der Waals surface area contributed by atoms with Gasteiger partial charge in [-0.05, 0) is 32.2 Å². The number of nitrogens with one attached hydrogen (secondary N) is 2. The Balaban J connectivity index is 1.73. The SMILES string of the molecule is O=C(S[B]NS(=O)(=O)[C@@H]1CCCN1)C1CC1. The molecule has 16 heavy (non-hydrogen) atoms. The number of rotatable bonds is 5. The van der Waals surface area contributed by atoms with Gasteiger partial charge in [-0.1, -0.05) is 0 Å². The highest BCUT2D eigenvalue weighted by Crippen LogP contribution is 2.33. The fourth-order valence-electron chi connectivity index (χ4n) is 1.56. The first kappa shape index (κ1) is 12.4. The van der Waals surface area contributed by atoms with E-state index < -0.39 is 15.4 Å². The lowest BCUT2D eigenvalue weighted by molar-refractivity contribution is -0.111. The first-order valence-corrected chi connectivity index (χ1v) is 7.79. The lowest BCUT2D eigenvalue weighted by Crippen LogP contribution is -2.41. The Kier molecular flexibility index (Phi) is 3.94. The van der Waals surface area contributed by atoms with Crippen molar-refractivity contribution in [1.82, 2.24) is 9.95 Å². The Morgan fingerprint density at radius 1 is 1.38 bits per heavy atom. The van der Waals surface area contributed by atoms with Crippen LogP contribution in [0.1, 0.15) is 25.7 Å². The van der Waals surface area contributed by atoms with Crippen molar-refractivity contribution in [3.05, 3.63) is 0 Å². The zero-order chi connectivity index (χ0) is 11.6. The summed E-state index contributed by atoms with van der Waals surface area (Å²) in [6.45, 7) is 2.02. The smallest absolute Gasteiger partial charge is 0.300 e. The average Bonchev–Trinajstić information content (AvgIpc) is 2.92. The Hall–Kier alpha value is -0.0451. The summed E-state index contributed by atoms with van der Waals surface area (Å²) in [7, 11) is -3.35. The maximum Gasteiger partial charge on any atom is 0.311 e. The Bertz CT molecular complexity index is 363. The maximum absolute atomic E-state index is 11.7. The van der Waals surface area contributed by atoms with Gasteiger partial charge >= 0.3 is 6.69 Å². The van der Waals surface area contributed by atoms with Gasteiger partial charge in [-0.25, -0.2) is 13.1 Å². The molecule has 0 aromatic heterocycles. The molecule has 2 N–H and O–H groups in total. The standard InChI is InChI=1S/C8H14BN2O3S2/c12-8(6-3-4-6)15-9-11-16(13,14)7-2-1-5-10-7/h6-7,10-11H,1-5H2/t7-/m1/s1. The molecule has 1 radical (unpaired) electrons. The normalized spacial score (nSPS) is 25.6. The van der Waals surface area contributed by atoms with Crippen molar-refractivity contribution < 1.29 is 13.2 Å². The van der Waals surface area contributed by atoms with E-state index in [-0.39, 0.29) is 11.0 Å². The Labute approximate surface area is 100 Å². The fraction of sp³-hybridized carbons (Fsp3) is 0.875. The predicted octanol–water partition coefficient (Wildman–Crippen LogP) is -0.181. The minimum Gasteiger partial charge on any atom is -0.300 e. The molecule has 2 aliphatic rings. The van der Waals surface area contributed by atoms with Gasteiger partial charge in [-0.3, -0.25) is 4.79 Å². The van der Waals surface area contributed by atoms with Gasteiger partial charge in [-0.15, -0.1) is 11.6 Å². The molecule has 0 bridgehead atoms. The lowest BCUT2D eigenvalue weighted by atomic mass is 10.4. The molecule has 0 aromatic rings.